The number of hydrogen-bond donors (Lipinski definition) is 3. The van der Waals surface area contributed by atoms with Gasteiger partial charge in [0.1, 0.15) is 17.2 Å². The smallest absolute Gasteiger partial charge is 0.115 e. The van der Waals surface area contributed by atoms with Crippen molar-refractivity contribution in [2.24, 2.45) is 0 Å². The maximum atomic E-state index is 9.97. The molecule has 0 unspecified atom stereocenters. The molecule has 5 aromatic carbocycles. The van der Waals surface area contributed by atoms with Crippen molar-refractivity contribution in [1.29, 1.82) is 0 Å². The molecule has 3 N–H and O–H groups in total. The minimum atomic E-state index is 0.205. The summed E-state index contributed by atoms with van der Waals surface area (Å²) >= 11 is 0. The molecular formula is C31H24O3. The molecule has 3 nitrogen and oxygen atoms in total. The van der Waals surface area contributed by atoms with Crippen LogP contribution in [0.25, 0.3) is 44.5 Å². The largest absolute Gasteiger partial charge is 0.508 e. The van der Waals surface area contributed by atoms with E-state index in [0.717, 1.165) is 50.1 Å². The number of phenols is 3. The zero-order valence-corrected chi connectivity index (χ0v) is 18.7. The number of aryl methyl sites for hydroxylation is 1. The minimum absolute atomic E-state index is 0.205. The molecule has 3 heteroatoms. The van der Waals surface area contributed by atoms with Gasteiger partial charge in [0.2, 0.25) is 0 Å². The molecule has 0 radical (unpaired) electrons. The fourth-order valence-electron chi connectivity index (χ4n) is 4.51. The van der Waals surface area contributed by atoms with Crippen LogP contribution < -0.4 is 0 Å². The van der Waals surface area contributed by atoms with Crippen LogP contribution in [0.2, 0.25) is 0 Å². The summed E-state index contributed by atoms with van der Waals surface area (Å²) in [4.78, 5) is 0. The highest BCUT2D eigenvalue weighted by Crippen LogP contribution is 2.47. The lowest BCUT2D eigenvalue weighted by Crippen LogP contribution is -1.97. The highest BCUT2D eigenvalue weighted by molar-refractivity contribution is 6.02. The molecule has 5 aromatic rings. The quantitative estimate of drug-likeness (QED) is 0.265. The third-order valence-corrected chi connectivity index (χ3v) is 6.08. The van der Waals surface area contributed by atoms with Gasteiger partial charge in [0.05, 0.1) is 0 Å². The van der Waals surface area contributed by atoms with Crippen molar-refractivity contribution < 1.29 is 15.3 Å². The predicted molar refractivity (Wildman–Crippen MR) is 138 cm³/mol. The molecule has 0 heterocycles. The van der Waals surface area contributed by atoms with Crippen molar-refractivity contribution >= 4 is 0 Å². The Kier molecular flexibility index (Phi) is 5.52. The van der Waals surface area contributed by atoms with Gasteiger partial charge in [-0.25, -0.2) is 0 Å². The highest BCUT2D eigenvalue weighted by atomic mass is 16.3. The molecule has 0 aromatic heterocycles. The van der Waals surface area contributed by atoms with Crippen LogP contribution >= 0.6 is 0 Å². The molecule has 0 amide bonds. The number of hydrogen-bond acceptors (Lipinski definition) is 3. The first-order chi connectivity index (χ1) is 16.5. The SMILES string of the molecule is Cc1cc(-c2ccc(O)cc2)c(-c2ccc(O)cc2)c(-c2ccc(O)cc2)c1-c1ccccc1. The van der Waals surface area contributed by atoms with E-state index in [0.29, 0.717) is 0 Å². The molecular weight excluding hydrogens is 420 g/mol. The van der Waals surface area contributed by atoms with Crippen molar-refractivity contribution in [3.8, 4) is 61.8 Å². The second-order valence-corrected chi connectivity index (χ2v) is 8.37. The van der Waals surface area contributed by atoms with Gasteiger partial charge < -0.3 is 15.3 Å². The first kappa shape index (κ1) is 21.4. The molecule has 0 bridgehead atoms. The van der Waals surface area contributed by atoms with Crippen LogP contribution in [0.4, 0.5) is 0 Å². The van der Waals surface area contributed by atoms with E-state index in [4.69, 9.17) is 0 Å². The van der Waals surface area contributed by atoms with Crippen molar-refractivity contribution in [3.05, 3.63) is 115 Å². The molecule has 5 rings (SSSR count). The number of rotatable bonds is 4. The summed E-state index contributed by atoms with van der Waals surface area (Å²) in [5.74, 6) is 0.630. The second-order valence-electron chi connectivity index (χ2n) is 8.37. The number of aromatic hydroxyl groups is 3. The molecule has 0 saturated heterocycles. The minimum Gasteiger partial charge on any atom is -0.508 e. The maximum Gasteiger partial charge on any atom is 0.115 e. The van der Waals surface area contributed by atoms with Crippen molar-refractivity contribution in [2.45, 2.75) is 6.92 Å². The first-order valence-corrected chi connectivity index (χ1v) is 11.1. The fourth-order valence-corrected chi connectivity index (χ4v) is 4.51. The summed E-state index contributed by atoms with van der Waals surface area (Å²) < 4.78 is 0. The molecule has 0 aliphatic rings. The van der Waals surface area contributed by atoms with Gasteiger partial charge in [-0.3, -0.25) is 0 Å². The van der Waals surface area contributed by atoms with Gasteiger partial charge in [-0.1, -0.05) is 72.8 Å². The third-order valence-electron chi connectivity index (χ3n) is 6.08. The van der Waals surface area contributed by atoms with Gasteiger partial charge in [0.25, 0.3) is 0 Å². The molecule has 0 atom stereocenters. The van der Waals surface area contributed by atoms with E-state index < -0.39 is 0 Å². The van der Waals surface area contributed by atoms with Crippen molar-refractivity contribution in [3.63, 3.8) is 0 Å². The Balaban J connectivity index is 1.94. The van der Waals surface area contributed by atoms with Gasteiger partial charge in [-0.05, 0) is 93.4 Å². The maximum absolute atomic E-state index is 9.97. The van der Waals surface area contributed by atoms with E-state index in [9.17, 15) is 15.3 Å². The van der Waals surface area contributed by atoms with E-state index in [2.05, 4.69) is 25.1 Å². The predicted octanol–water partition coefficient (Wildman–Crippen LogP) is 7.78. The summed E-state index contributed by atoms with van der Waals surface area (Å²) in [5.41, 5.74) is 9.30. The average molecular weight is 445 g/mol. The summed E-state index contributed by atoms with van der Waals surface area (Å²) in [7, 11) is 0. The molecule has 0 aliphatic heterocycles. The Hall–Kier alpha value is -4.50. The van der Waals surface area contributed by atoms with Crippen molar-refractivity contribution in [1.82, 2.24) is 0 Å². The van der Waals surface area contributed by atoms with Crippen LogP contribution in [0.3, 0.4) is 0 Å². The van der Waals surface area contributed by atoms with Gasteiger partial charge in [-0.2, -0.15) is 0 Å². The summed E-state index contributed by atoms with van der Waals surface area (Å²) in [6, 6.07) is 34.2. The number of benzene rings is 5. The van der Waals surface area contributed by atoms with Crippen LogP contribution in [-0.2, 0) is 0 Å². The second kappa shape index (κ2) is 8.80. The molecule has 166 valence electrons. The Bertz CT molecular complexity index is 1430. The Morgan fingerprint density at radius 3 is 1.32 bits per heavy atom. The Morgan fingerprint density at radius 2 is 0.824 bits per heavy atom. The molecule has 0 saturated carbocycles. The van der Waals surface area contributed by atoms with Gasteiger partial charge in [0, 0.05) is 0 Å². The summed E-state index contributed by atoms with van der Waals surface area (Å²) in [5, 5.41) is 29.8. The van der Waals surface area contributed by atoms with Crippen LogP contribution in [0.1, 0.15) is 5.56 Å². The summed E-state index contributed by atoms with van der Waals surface area (Å²) in [6.07, 6.45) is 0. The standard InChI is InChI=1S/C31H24O3/c1-20-19-28(21-7-13-25(32)14-8-21)30(23-9-15-26(33)16-10-23)31(24-11-17-27(34)18-12-24)29(20)22-5-3-2-4-6-22/h2-19,32-34H,1H3. The lowest BCUT2D eigenvalue weighted by atomic mass is 9.80. The summed E-state index contributed by atoms with van der Waals surface area (Å²) in [6.45, 7) is 2.11. The number of phenolic OH excluding ortho intramolecular Hbond substituents is 3. The van der Waals surface area contributed by atoms with Crippen LogP contribution in [0.15, 0.2) is 109 Å². The average Bonchev–Trinajstić information content (AvgIpc) is 2.86. The Morgan fingerprint density at radius 1 is 0.412 bits per heavy atom. The molecule has 34 heavy (non-hydrogen) atoms. The van der Waals surface area contributed by atoms with E-state index >= 15 is 0 Å². The fraction of sp³-hybridized carbons (Fsp3) is 0.0323. The Labute approximate surface area is 198 Å². The molecule has 0 spiro atoms. The normalized spacial score (nSPS) is 10.9. The molecule has 0 fully saturated rings. The van der Waals surface area contributed by atoms with Gasteiger partial charge in [-0.15, -0.1) is 0 Å². The zero-order valence-electron chi connectivity index (χ0n) is 18.7. The van der Waals surface area contributed by atoms with Crippen LogP contribution in [-0.4, -0.2) is 15.3 Å². The third kappa shape index (κ3) is 4.00. The zero-order chi connectivity index (χ0) is 23.7. The lowest BCUT2D eigenvalue weighted by Gasteiger charge is -2.23. The van der Waals surface area contributed by atoms with Crippen molar-refractivity contribution in [2.75, 3.05) is 0 Å². The first-order valence-electron chi connectivity index (χ1n) is 11.1. The highest BCUT2D eigenvalue weighted by Gasteiger charge is 2.21. The van der Waals surface area contributed by atoms with Gasteiger partial charge in [0.15, 0.2) is 0 Å². The van der Waals surface area contributed by atoms with E-state index in [1.807, 2.05) is 54.6 Å². The van der Waals surface area contributed by atoms with E-state index in [1.54, 1.807) is 36.4 Å². The van der Waals surface area contributed by atoms with Crippen LogP contribution in [0, 0.1) is 6.92 Å². The lowest BCUT2D eigenvalue weighted by molar-refractivity contribution is 0.475. The topological polar surface area (TPSA) is 60.7 Å². The monoisotopic (exact) mass is 444 g/mol. The van der Waals surface area contributed by atoms with Gasteiger partial charge >= 0.3 is 0 Å². The van der Waals surface area contributed by atoms with Crippen LogP contribution in [0.5, 0.6) is 17.2 Å². The van der Waals surface area contributed by atoms with E-state index in [-0.39, 0.29) is 17.2 Å². The molecule has 0 aliphatic carbocycles. The van der Waals surface area contributed by atoms with E-state index in [1.165, 1.54) is 0 Å².